The molecule has 0 atom stereocenters. The summed E-state index contributed by atoms with van der Waals surface area (Å²) in [5.74, 6) is -0.0640. The van der Waals surface area contributed by atoms with Gasteiger partial charge >= 0.3 is 0 Å². The fourth-order valence-electron chi connectivity index (χ4n) is 3.29. The Morgan fingerprint density at radius 3 is 2.79 bits per heavy atom. The average Bonchev–Trinajstić information content (AvgIpc) is 2.75. The standard InChI is InChI=1S/C21H19N5O2/c1-26-19-4-2-15(9-16(19)3-5-20(26)27)18-8-14(10-22-12-18)11-23-21(28)17-6-7-24-25-13-17/h2,4,6-10,12-13H,3,5,11H2,1H3,(H,23,28). The van der Waals surface area contributed by atoms with Gasteiger partial charge < -0.3 is 10.2 Å². The van der Waals surface area contributed by atoms with Gasteiger partial charge in [0.25, 0.3) is 5.91 Å². The van der Waals surface area contributed by atoms with Gasteiger partial charge in [0.15, 0.2) is 0 Å². The molecule has 0 unspecified atom stereocenters. The van der Waals surface area contributed by atoms with Gasteiger partial charge in [-0.2, -0.15) is 10.2 Å². The summed E-state index contributed by atoms with van der Waals surface area (Å²) in [7, 11) is 1.81. The first kappa shape index (κ1) is 17.8. The van der Waals surface area contributed by atoms with E-state index < -0.39 is 0 Å². The van der Waals surface area contributed by atoms with E-state index in [1.165, 1.54) is 12.4 Å². The molecule has 1 aliphatic heterocycles. The number of nitrogens with one attached hydrogen (secondary N) is 1. The first-order valence-corrected chi connectivity index (χ1v) is 9.00. The van der Waals surface area contributed by atoms with Crippen LogP contribution in [0.25, 0.3) is 11.1 Å². The summed E-state index contributed by atoms with van der Waals surface area (Å²) in [4.78, 5) is 30.0. The SMILES string of the molecule is CN1C(=O)CCc2cc(-c3cncc(CNC(=O)c4ccnnc4)c3)ccc21. The molecule has 2 amide bonds. The fourth-order valence-corrected chi connectivity index (χ4v) is 3.29. The Morgan fingerprint density at radius 1 is 1.07 bits per heavy atom. The van der Waals surface area contributed by atoms with Crippen LogP contribution in [0.15, 0.2) is 55.1 Å². The maximum atomic E-state index is 12.2. The smallest absolute Gasteiger partial charge is 0.253 e. The van der Waals surface area contributed by atoms with E-state index in [1.54, 1.807) is 23.4 Å². The molecule has 0 saturated carbocycles. The van der Waals surface area contributed by atoms with E-state index in [-0.39, 0.29) is 11.8 Å². The van der Waals surface area contributed by atoms with Gasteiger partial charge in [-0.25, -0.2) is 0 Å². The van der Waals surface area contributed by atoms with Gasteiger partial charge in [0.05, 0.1) is 18.0 Å². The molecule has 0 fully saturated rings. The van der Waals surface area contributed by atoms with E-state index >= 15 is 0 Å². The third-order valence-electron chi connectivity index (χ3n) is 4.85. The maximum absolute atomic E-state index is 12.2. The van der Waals surface area contributed by atoms with E-state index in [0.29, 0.717) is 18.5 Å². The number of amides is 2. The highest BCUT2D eigenvalue weighted by atomic mass is 16.2. The van der Waals surface area contributed by atoms with E-state index in [2.05, 4.69) is 26.6 Å². The molecular weight excluding hydrogens is 354 g/mol. The minimum absolute atomic E-state index is 0.143. The lowest BCUT2D eigenvalue weighted by Gasteiger charge is -2.26. The van der Waals surface area contributed by atoms with E-state index in [4.69, 9.17) is 0 Å². The second-order valence-electron chi connectivity index (χ2n) is 6.69. The van der Waals surface area contributed by atoms with Crippen molar-refractivity contribution in [1.29, 1.82) is 0 Å². The zero-order chi connectivity index (χ0) is 19.5. The Labute approximate surface area is 162 Å². The Balaban J connectivity index is 1.51. The monoisotopic (exact) mass is 373 g/mol. The Kier molecular flexibility index (Phi) is 4.80. The molecule has 0 spiro atoms. The van der Waals surface area contributed by atoms with Crippen molar-refractivity contribution < 1.29 is 9.59 Å². The van der Waals surface area contributed by atoms with Crippen LogP contribution in [-0.2, 0) is 17.8 Å². The van der Waals surface area contributed by atoms with Gasteiger partial charge in [-0.15, -0.1) is 0 Å². The summed E-state index contributed by atoms with van der Waals surface area (Å²) in [6, 6.07) is 9.71. The van der Waals surface area contributed by atoms with E-state index in [9.17, 15) is 9.59 Å². The molecule has 2 aromatic heterocycles. The Hall–Kier alpha value is -3.61. The van der Waals surface area contributed by atoms with Gasteiger partial charge in [-0.1, -0.05) is 6.07 Å². The van der Waals surface area contributed by atoms with Crippen LogP contribution >= 0.6 is 0 Å². The molecular formula is C21H19N5O2. The highest BCUT2D eigenvalue weighted by molar-refractivity contribution is 5.96. The second-order valence-corrected chi connectivity index (χ2v) is 6.69. The number of fused-ring (bicyclic) bond motifs is 1. The molecule has 7 nitrogen and oxygen atoms in total. The van der Waals surface area contributed by atoms with E-state index in [1.807, 2.05) is 25.2 Å². The minimum atomic E-state index is -0.207. The average molecular weight is 373 g/mol. The lowest BCUT2D eigenvalue weighted by molar-refractivity contribution is -0.118. The number of carbonyl (C=O) groups excluding carboxylic acids is 2. The van der Waals surface area contributed by atoms with Crippen molar-refractivity contribution in [2.75, 3.05) is 11.9 Å². The number of pyridine rings is 1. The number of hydrogen-bond donors (Lipinski definition) is 1. The number of carbonyl (C=O) groups is 2. The number of aryl methyl sites for hydroxylation is 1. The predicted molar refractivity (Wildman–Crippen MR) is 105 cm³/mol. The number of hydrogen-bond acceptors (Lipinski definition) is 5. The molecule has 3 aromatic rings. The largest absolute Gasteiger partial charge is 0.348 e. The van der Waals surface area contributed by atoms with Gasteiger partial charge in [0.1, 0.15) is 0 Å². The van der Waals surface area contributed by atoms with Crippen molar-refractivity contribution in [3.63, 3.8) is 0 Å². The first-order valence-electron chi connectivity index (χ1n) is 9.00. The lowest BCUT2D eigenvalue weighted by atomic mass is 9.96. The van der Waals surface area contributed by atoms with Gasteiger partial charge in [0, 0.05) is 43.7 Å². The van der Waals surface area contributed by atoms with Crippen molar-refractivity contribution in [1.82, 2.24) is 20.5 Å². The highest BCUT2D eigenvalue weighted by Crippen LogP contribution is 2.31. The third-order valence-corrected chi connectivity index (χ3v) is 4.85. The summed E-state index contributed by atoms with van der Waals surface area (Å²) >= 11 is 0. The third kappa shape index (κ3) is 3.59. The van der Waals surface area contributed by atoms with Crippen molar-refractivity contribution >= 4 is 17.5 Å². The van der Waals surface area contributed by atoms with Crippen molar-refractivity contribution in [3.8, 4) is 11.1 Å². The molecule has 0 radical (unpaired) electrons. The molecule has 1 N–H and O–H groups in total. The van der Waals surface area contributed by atoms with Crippen LogP contribution in [0.1, 0.15) is 27.9 Å². The zero-order valence-corrected chi connectivity index (χ0v) is 15.4. The number of rotatable bonds is 4. The molecule has 1 aliphatic rings. The minimum Gasteiger partial charge on any atom is -0.348 e. The first-order chi connectivity index (χ1) is 13.6. The molecule has 0 bridgehead atoms. The Bertz CT molecular complexity index is 1040. The summed E-state index contributed by atoms with van der Waals surface area (Å²) in [5.41, 5.74) is 5.50. The van der Waals surface area contributed by atoms with Crippen molar-refractivity contribution in [3.05, 3.63) is 71.8 Å². The fraction of sp³-hybridized carbons (Fsp3) is 0.190. The normalized spacial score (nSPS) is 13.2. The molecule has 3 heterocycles. The zero-order valence-electron chi connectivity index (χ0n) is 15.4. The van der Waals surface area contributed by atoms with Crippen molar-refractivity contribution in [2.45, 2.75) is 19.4 Å². The topological polar surface area (TPSA) is 88.1 Å². The molecule has 7 heteroatoms. The highest BCUT2D eigenvalue weighted by Gasteiger charge is 2.21. The van der Waals surface area contributed by atoms with Crippen LogP contribution in [0.2, 0.25) is 0 Å². The molecule has 1 aromatic carbocycles. The van der Waals surface area contributed by atoms with E-state index in [0.717, 1.165) is 34.4 Å². The molecule has 0 aliphatic carbocycles. The van der Waals surface area contributed by atoms with Crippen LogP contribution < -0.4 is 10.2 Å². The van der Waals surface area contributed by atoms with Crippen molar-refractivity contribution in [2.24, 2.45) is 0 Å². The Morgan fingerprint density at radius 2 is 1.96 bits per heavy atom. The second kappa shape index (κ2) is 7.56. The molecule has 0 saturated heterocycles. The number of nitrogens with zero attached hydrogens (tertiary/aromatic N) is 4. The van der Waals surface area contributed by atoms with Crippen LogP contribution in [0.4, 0.5) is 5.69 Å². The molecule has 4 rings (SSSR count). The van der Waals surface area contributed by atoms with Crippen LogP contribution in [0.5, 0.6) is 0 Å². The quantitative estimate of drug-likeness (QED) is 0.759. The van der Waals surface area contributed by atoms with Crippen LogP contribution in [0, 0.1) is 0 Å². The summed E-state index contributed by atoms with van der Waals surface area (Å²) in [6.07, 6.45) is 7.73. The summed E-state index contributed by atoms with van der Waals surface area (Å²) in [5, 5.41) is 10.2. The molecule has 140 valence electrons. The molecule has 28 heavy (non-hydrogen) atoms. The number of benzene rings is 1. The van der Waals surface area contributed by atoms with Crippen LogP contribution in [0.3, 0.4) is 0 Å². The number of aromatic nitrogens is 3. The predicted octanol–water partition coefficient (Wildman–Crippen LogP) is 2.38. The lowest BCUT2D eigenvalue weighted by Crippen LogP contribution is -2.30. The van der Waals surface area contributed by atoms with Gasteiger partial charge in [-0.05, 0) is 47.4 Å². The maximum Gasteiger partial charge on any atom is 0.253 e. The van der Waals surface area contributed by atoms with Gasteiger partial charge in [0.2, 0.25) is 5.91 Å². The van der Waals surface area contributed by atoms with Crippen LogP contribution in [-0.4, -0.2) is 34.0 Å². The number of anilines is 1. The van der Waals surface area contributed by atoms with Gasteiger partial charge in [-0.3, -0.25) is 14.6 Å². The summed E-state index contributed by atoms with van der Waals surface area (Å²) < 4.78 is 0. The summed E-state index contributed by atoms with van der Waals surface area (Å²) in [6.45, 7) is 0.365.